The zero-order valence-corrected chi connectivity index (χ0v) is 13.9. The zero-order valence-electron chi connectivity index (χ0n) is 13.9. The van der Waals surface area contributed by atoms with Gasteiger partial charge in [-0.1, -0.05) is 54.6 Å². The first kappa shape index (κ1) is 15.8. The molecular formula is C22H16N2O2. The Balaban J connectivity index is 1.75. The molecule has 2 aromatic carbocycles. The summed E-state index contributed by atoms with van der Waals surface area (Å²) in [5, 5.41) is 9.65. The summed E-state index contributed by atoms with van der Waals surface area (Å²) in [6.07, 6.45) is 2.96. The van der Waals surface area contributed by atoms with Crippen molar-refractivity contribution in [2.75, 3.05) is 0 Å². The summed E-state index contributed by atoms with van der Waals surface area (Å²) < 4.78 is 1.63. The molecular weight excluding hydrogens is 324 g/mol. The van der Waals surface area contributed by atoms with E-state index in [0.717, 1.165) is 22.4 Å². The van der Waals surface area contributed by atoms with Crippen LogP contribution in [0.1, 0.15) is 0 Å². The van der Waals surface area contributed by atoms with Gasteiger partial charge in [-0.25, -0.2) is 4.98 Å². The lowest BCUT2D eigenvalue weighted by molar-refractivity contribution is 0.465. The molecule has 0 radical (unpaired) electrons. The third-order valence-corrected chi connectivity index (χ3v) is 4.16. The molecule has 4 rings (SSSR count). The SMILES string of the molecule is O=c1ccn(-c2cccc(-c3cccc(-c4ccccc4)c3)n2)cc1O. The van der Waals surface area contributed by atoms with Gasteiger partial charge in [-0.15, -0.1) is 0 Å². The second-order valence-electron chi connectivity index (χ2n) is 5.93. The number of rotatable bonds is 3. The van der Waals surface area contributed by atoms with Gasteiger partial charge in [0, 0.05) is 17.8 Å². The van der Waals surface area contributed by atoms with Gasteiger partial charge < -0.3 is 9.67 Å². The molecule has 4 nitrogen and oxygen atoms in total. The second kappa shape index (κ2) is 6.69. The smallest absolute Gasteiger partial charge is 0.223 e. The minimum atomic E-state index is -0.409. The lowest BCUT2D eigenvalue weighted by atomic mass is 10.0. The van der Waals surface area contributed by atoms with Gasteiger partial charge in [0.15, 0.2) is 5.75 Å². The molecule has 0 aliphatic rings. The van der Waals surface area contributed by atoms with Gasteiger partial charge in [-0.2, -0.15) is 0 Å². The summed E-state index contributed by atoms with van der Waals surface area (Å²) >= 11 is 0. The van der Waals surface area contributed by atoms with E-state index < -0.39 is 5.43 Å². The zero-order chi connectivity index (χ0) is 17.9. The molecule has 0 atom stereocenters. The fraction of sp³-hybridized carbons (Fsp3) is 0. The summed E-state index contributed by atoms with van der Waals surface area (Å²) in [6, 6.07) is 25.4. The first-order valence-corrected chi connectivity index (χ1v) is 8.25. The van der Waals surface area contributed by atoms with E-state index >= 15 is 0 Å². The van der Waals surface area contributed by atoms with Gasteiger partial charge in [0.1, 0.15) is 5.82 Å². The molecule has 126 valence electrons. The number of pyridine rings is 2. The predicted octanol–water partition coefficient (Wildman–Crippen LogP) is 4.27. The van der Waals surface area contributed by atoms with E-state index in [1.54, 1.807) is 10.8 Å². The molecule has 0 spiro atoms. The first-order valence-electron chi connectivity index (χ1n) is 8.25. The van der Waals surface area contributed by atoms with Crippen molar-refractivity contribution in [1.82, 2.24) is 9.55 Å². The molecule has 0 unspecified atom stereocenters. The maximum atomic E-state index is 11.4. The van der Waals surface area contributed by atoms with Crippen molar-refractivity contribution in [1.29, 1.82) is 0 Å². The highest BCUT2D eigenvalue weighted by atomic mass is 16.3. The van der Waals surface area contributed by atoms with Crippen LogP contribution in [0.3, 0.4) is 0 Å². The van der Waals surface area contributed by atoms with Crippen LogP contribution in [0.15, 0.2) is 96.1 Å². The Morgan fingerprint density at radius 1 is 0.769 bits per heavy atom. The van der Waals surface area contributed by atoms with Gasteiger partial charge >= 0.3 is 0 Å². The molecule has 0 saturated heterocycles. The summed E-state index contributed by atoms with van der Waals surface area (Å²) in [6.45, 7) is 0. The van der Waals surface area contributed by atoms with E-state index in [-0.39, 0.29) is 5.75 Å². The van der Waals surface area contributed by atoms with E-state index in [2.05, 4.69) is 29.2 Å². The molecule has 0 aliphatic carbocycles. The molecule has 0 saturated carbocycles. The minimum absolute atomic E-state index is 0.300. The molecule has 0 amide bonds. The molecule has 1 N–H and O–H groups in total. The number of benzene rings is 2. The normalized spacial score (nSPS) is 10.6. The van der Waals surface area contributed by atoms with Crippen LogP contribution >= 0.6 is 0 Å². The predicted molar refractivity (Wildman–Crippen MR) is 102 cm³/mol. The van der Waals surface area contributed by atoms with Crippen LogP contribution in [-0.2, 0) is 0 Å². The van der Waals surface area contributed by atoms with Gasteiger partial charge in [-0.3, -0.25) is 4.79 Å². The Labute approximate surface area is 150 Å². The number of aromatic nitrogens is 2. The van der Waals surface area contributed by atoms with Gasteiger partial charge in [0.25, 0.3) is 0 Å². The van der Waals surface area contributed by atoms with Crippen LogP contribution in [0.4, 0.5) is 0 Å². The highest BCUT2D eigenvalue weighted by Crippen LogP contribution is 2.25. The van der Waals surface area contributed by atoms with Gasteiger partial charge in [0.05, 0.1) is 11.9 Å². The van der Waals surface area contributed by atoms with E-state index in [4.69, 9.17) is 0 Å². The van der Waals surface area contributed by atoms with Crippen LogP contribution in [0.25, 0.3) is 28.2 Å². The van der Waals surface area contributed by atoms with Gasteiger partial charge in [-0.05, 0) is 29.3 Å². The van der Waals surface area contributed by atoms with Crippen LogP contribution in [0.5, 0.6) is 5.75 Å². The molecule has 4 aromatic rings. The molecule has 26 heavy (non-hydrogen) atoms. The number of hydrogen-bond donors (Lipinski definition) is 1. The third-order valence-electron chi connectivity index (χ3n) is 4.16. The lowest BCUT2D eigenvalue weighted by Crippen LogP contribution is -2.05. The van der Waals surface area contributed by atoms with Crippen molar-refractivity contribution in [3.63, 3.8) is 0 Å². The monoisotopic (exact) mass is 340 g/mol. The molecule has 0 aliphatic heterocycles. The minimum Gasteiger partial charge on any atom is -0.503 e. The Kier molecular flexibility index (Phi) is 4.07. The van der Waals surface area contributed by atoms with Crippen LogP contribution in [0.2, 0.25) is 0 Å². The topological polar surface area (TPSA) is 55.1 Å². The highest BCUT2D eigenvalue weighted by Gasteiger charge is 2.06. The standard InChI is InChI=1S/C22H16N2O2/c25-20-12-13-24(15-21(20)26)22-11-5-10-19(23-22)18-9-4-8-17(14-18)16-6-2-1-3-7-16/h1-15,26H. The van der Waals surface area contributed by atoms with Crippen LogP contribution < -0.4 is 5.43 Å². The average molecular weight is 340 g/mol. The summed E-state index contributed by atoms with van der Waals surface area (Å²) in [5.41, 5.74) is 3.68. The van der Waals surface area contributed by atoms with Crippen molar-refractivity contribution >= 4 is 0 Å². The average Bonchev–Trinajstić information content (AvgIpc) is 2.71. The van der Waals surface area contributed by atoms with Crippen LogP contribution in [-0.4, -0.2) is 14.7 Å². The van der Waals surface area contributed by atoms with Crippen molar-refractivity contribution in [3.05, 3.63) is 101 Å². The second-order valence-corrected chi connectivity index (χ2v) is 5.93. The molecule has 4 heteroatoms. The number of nitrogens with zero attached hydrogens (tertiary/aromatic N) is 2. The number of aromatic hydroxyl groups is 1. The maximum Gasteiger partial charge on any atom is 0.223 e. The number of hydrogen-bond acceptors (Lipinski definition) is 3. The first-order chi connectivity index (χ1) is 12.7. The molecule has 2 heterocycles. The fourth-order valence-electron chi connectivity index (χ4n) is 2.83. The van der Waals surface area contributed by atoms with E-state index in [1.165, 1.54) is 12.3 Å². The summed E-state index contributed by atoms with van der Waals surface area (Å²) in [5.74, 6) is 0.327. The van der Waals surface area contributed by atoms with Crippen molar-refractivity contribution < 1.29 is 5.11 Å². The van der Waals surface area contributed by atoms with E-state index in [1.807, 2.05) is 48.5 Å². The van der Waals surface area contributed by atoms with Crippen molar-refractivity contribution in [2.45, 2.75) is 0 Å². The third kappa shape index (κ3) is 3.13. The highest BCUT2D eigenvalue weighted by molar-refractivity contribution is 5.71. The quantitative estimate of drug-likeness (QED) is 0.606. The largest absolute Gasteiger partial charge is 0.503 e. The summed E-state index contributed by atoms with van der Waals surface area (Å²) in [7, 11) is 0. The van der Waals surface area contributed by atoms with E-state index in [0.29, 0.717) is 5.82 Å². The maximum absolute atomic E-state index is 11.4. The molecule has 0 bridgehead atoms. The summed E-state index contributed by atoms with van der Waals surface area (Å²) in [4.78, 5) is 16.0. The van der Waals surface area contributed by atoms with Crippen molar-refractivity contribution in [2.24, 2.45) is 0 Å². The lowest BCUT2D eigenvalue weighted by Gasteiger charge is -2.09. The molecule has 2 aromatic heterocycles. The molecule has 0 fully saturated rings. The fourth-order valence-corrected chi connectivity index (χ4v) is 2.83. The Hall–Kier alpha value is -3.66. The van der Waals surface area contributed by atoms with Crippen molar-refractivity contribution in [3.8, 4) is 34.0 Å². The Morgan fingerprint density at radius 2 is 1.50 bits per heavy atom. The Bertz CT molecular complexity index is 1120. The van der Waals surface area contributed by atoms with E-state index in [9.17, 15) is 9.90 Å². The Morgan fingerprint density at radius 3 is 2.31 bits per heavy atom. The van der Waals surface area contributed by atoms with Crippen LogP contribution in [0, 0.1) is 0 Å². The van der Waals surface area contributed by atoms with Gasteiger partial charge in [0.2, 0.25) is 5.43 Å².